The molecule has 0 amide bonds. The van der Waals surface area contributed by atoms with Crippen LogP contribution in [0.4, 0.5) is 0 Å². The Labute approximate surface area is 61.5 Å². The second-order valence-corrected chi connectivity index (χ2v) is 3.55. The Hall–Kier alpha value is -0.0800. The first-order valence-corrected chi connectivity index (χ1v) is 4.04. The van der Waals surface area contributed by atoms with E-state index >= 15 is 0 Å². The molecule has 0 aromatic carbocycles. The zero-order valence-corrected chi connectivity index (χ0v) is 6.43. The quantitative estimate of drug-likeness (QED) is 0.579. The first-order chi connectivity index (χ1) is 4.79. The van der Waals surface area contributed by atoms with Gasteiger partial charge in [-0.1, -0.05) is 0 Å². The largest absolute Gasteiger partial charge is 0.379 e. The zero-order valence-electron chi connectivity index (χ0n) is 6.43. The Morgan fingerprint density at radius 1 is 1.50 bits per heavy atom. The maximum atomic E-state index is 5.78. The molecule has 0 unspecified atom stereocenters. The van der Waals surface area contributed by atoms with Crippen molar-refractivity contribution in [3.05, 3.63) is 0 Å². The van der Waals surface area contributed by atoms with Crippen molar-refractivity contribution in [3.63, 3.8) is 0 Å². The van der Waals surface area contributed by atoms with Crippen LogP contribution in [0, 0.1) is 0 Å². The van der Waals surface area contributed by atoms with Gasteiger partial charge in [0.1, 0.15) is 0 Å². The van der Waals surface area contributed by atoms with Gasteiger partial charge in [-0.05, 0) is 26.2 Å². The fraction of sp³-hybridized carbons (Fsp3) is 1.00. The van der Waals surface area contributed by atoms with Crippen LogP contribution in [0.1, 0.15) is 26.2 Å². The van der Waals surface area contributed by atoms with Crippen LogP contribution in [0.5, 0.6) is 0 Å². The summed E-state index contributed by atoms with van der Waals surface area (Å²) in [4.78, 5) is 0. The maximum Gasteiger partial charge on any atom is 0.0837 e. The average molecular weight is 142 g/mol. The predicted octanol–water partition coefficient (Wildman–Crippen LogP) is 1.34. The summed E-state index contributed by atoms with van der Waals surface area (Å²) >= 11 is 0. The van der Waals surface area contributed by atoms with E-state index < -0.39 is 0 Å². The summed E-state index contributed by atoms with van der Waals surface area (Å²) in [7, 11) is 0. The second kappa shape index (κ2) is 2.21. The van der Waals surface area contributed by atoms with Crippen LogP contribution in [0.25, 0.3) is 0 Å². The van der Waals surface area contributed by atoms with Gasteiger partial charge in [0.05, 0.1) is 18.3 Å². The monoisotopic (exact) mass is 142 g/mol. The van der Waals surface area contributed by atoms with Gasteiger partial charge < -0.3 is 9.47 Å². The minimum atomic E-state index is 0.234. The summed E-state index contributed by atoms with van der Waals surface area (Å²) in [5.74, 6) is 0. The van der Waals surface area contributed by atoms with Gasteiger partial charge in [-0.2, -0.15) is 0 Å². The molecule has 2 aliphatic rings. The molecule has 1 heterocycles. The van der Waals surface area contributed by atoms with Crippen molar-refractivity contribution >= 4 is 0 Å². The highest BCUT2D eigenvalue weighted by atomic mass is 16.6. The zero-order chi connectivity index (χ0) is 7.03. The molecule has 2 nitrogen and oxygen atoms in total. The molecule has 2 rings (SSSR count). The van der Waals surface area contributed by atoms with Crippen molar-refractivity contribution in [1.29, 1.82) is 0 Å². The fourth-order valence-electron chi connectivity index (χ4n) is 1.30. The lowest BCUT2D eigenvalue weighted by atomic mass is 10.3. The van der Waals surface area contributed by atoms with Gasteiger partial charge in [0.15, 0.2) is 0 Å². The Morgan fingerprint density at radius 3 is 2.80 bits per heavy atom. The van der Waals surface area contributed by atoms with Crippen molar-refractivity contribution in [1.82, 2.24) is 0 Å². The van der Waals surface area contributed by atoms with Gasteiger partial charge in [-0.3, -0.25) is 0 Å². The highest BCUT2D eigenvalue weighted by Gasteiger charge is 2.41. The molecule has 10 heavy (non-hydrogen) atoms. The van der Waals surface area contributed by atoms with E-state index in [2.05, 4.69) is 6.92 Å². The van der Waals surface area contributed by atoms with Crippen molar-refractivity contribution in [2.45, 2.75) is 37.9 Å². The summed E-state index contributed by atoms with van der Waals surface area (Å²) < 4.78 is 11.0. The van der Waals surface area contributed by atoms with Crippen LogP contribution in [-0.2, 0) is 9.47 Å². The second-order valence-electron chi connectivity index (χ2n) is 3.55. The van der Waals surface area contributed by atoms with Crippen LogP contribution in [-0.4, -0.2) is 24.9 Å². The first kappa shape index (κ1) is 6.62. The molecule has 1 aliphatic heterocycles. The van der Waals surface area contributed by atoms with E-state index in [0.717, 1.165) is 19.6 Å². The van der Waals surface area contributed by atoms with E-state index in [0.29, 0.717) is 6.10 Å². The van der Waals surface area contributed by atoms with Crippen LogP contribution in [0.15, 0.2) is 0 Å². The van der Waals surface area contributed by atoms with E-state index in [9.17, 15) is 0 Å². The Kier molecular flexibility index (Phi) is 1.46. The highest BCUT2D eigenvalue weighted by Crippen LogP contribution is 2.40. The number of ether oxygens (including phenoxy) is 2. The van der Waals surface area contributed by atoms with E-state index in [-0.39, 0.29) is 5.60 Å². The summed E-state index contributed by atoms with van der Waals surface area (Å²) in [6, 6.07) is 0. The lowest BCUT2D eigenvalue weighted by Gasteiger charge is -2.15. The van der Waals surface area contributed by atoms with Crippen LogP contribution in [0.2, 0.25) is 0 Å². The molecule has 2 fully saturated rings. The van der Waals surface area contributed by atoms with E-state index in [1.807, 2.05) is 0 Å². The molecule has 58 valence electrons. The Bertz CT molecular complexity index is 123. The molecular weight excluding hydrogens is 128 g/mol. The average Bonchev–Trinajstić information content (AvgIpc) is 2.47. The number of hydrogen-bond acceptors (Lipinski definition) is 2. The van der Waals surface area contributed by atoms with Crippen LogP contribution < -0.4 is 0 Å². The third kappa shape index (κ3) is 1.32. The number of rotatable bonds is 2. The van der Waals surface area contributed by atoms with Gasteiger partial charge in [-0.25, -0.2) is 0 Å². The van der Waals surface area contributed by atoms with E-state index in [1.54, 1.807) is 0 Å². The van der Waals surface area contributed by atoms with E-state index in [4.69, 9.17) is 9.47 Å². The van der Waals surface area contributed by atoms with Crippen molar-refractivity contribution in [2.24, 2.45) is 0 Å². The van der Waals surface area contributed by atoms with Gasteiger partial charge in [0, 0.05) is 6.61 Å². The minimum Gasteiger partial charge on any atom is -0.379 e. The van der Waals surface area contributed by atoms with Gasteiger partial charge in [-0.15, -0.1) is 0 Å². The van der Waals surface area contributed by atoms with Crippen LogP contribution >= 0.6 is 0 Å². The predicted molar refractivity (Wildman–Crippen MR) is 37.9 cm³/mol. The third-order valence-corrected chi connectivity index (χ3v) is 2.29. The maximum absolute atomic E-state index is 5.78. The Balaban J connectivity index is 1.78. The summed E-state index contributed by atoms with van der Waals surface area (Å²) in [6.45, 7) is 3.89. The molecule has 0 bridgehead atoms. The van der Waals surface area contributed by atoms with Gasteiger partial charge in [0.2, 0.25) is 0 Å². The molecule has 1 aliphatic carbocycles. The SMILES string of the molecule is CC1(O[C@@H]2CCOC2)CC1. The highest BCUT2D eigenvalue weighted by molar-refractivity contribution is 4.92. The standard InChI is InChI=1S/C8H14O2/c1-8(3-4-8)10-7-2-5-9-6-7/h7H,2-6H2,1H3/t7-/m1/s1. The first-order valence-electron chi connectivity index (χ1n) is 4.04. The van der Waals surface area contributed by atoms with E-state index in [1.165, 1.54) is 12.8 Å². The smallest absolute Gasteiger partial charge is 0.0837 e. The molecule has 1 saturated carbocycles. The third-order valence-electron chi connectivity index (χ3n) is 2.29. The molecule has 1 saturated heterocycles. The molecule has 1 atom stereocenters. The fourth-order valence-corrected chi connectivity index (χ4v) is 1.30. The van der Waals surface area contributed by atoms with Gasteiger partial charge in [0.25, 0.3) is 0 Å². The van der Waals surface area contributed by atoms with Crippen LogP contribution in [0.3, 0.4) is 0 Å². The topological polar surface area (TPSA) is 18.5 Å². The molecule has 0 aromatic rings. The number of hydrogen-bond donors (Lipinski definition) is 0. The Morgan fingerprint density at radius 2 is 2.30 bits per heavy atom. The lowest BCUT2D eigenvalue weighted by molar-refractivity contribution is -0.0223. The molecule has 0 N–H and O–H groups in total. The molecule has 0 aromatic heterocycles. The molecule has 0 radical (unpaired) electrons. The van der Waals surface area contributed by atoms with Gasteiger partial charge >= 0.3 is 0 Å². The molecule has 2 heteroatoms. The minimum absolute atomic E-state index is 0.234. The molecule has 0 spiro atoms. The summed E-state index contributed by atoms with van der Waals surface area (Å²) in [5.41, 5.74) is 0.234. The van der Waals surface area contributed by atoms with Crippen molar-refractivity contribution in [3.8, 4) is 0 Å². The lowest BCUT2D eigenvalue weighted by Crippen LogP contribution is -2.20. The van der Waals surface area contributed by atoms with Crippen molar-refractivity contribution in [2.75, 3.05) is 13.2 Å². The van der Waals surface area contributed by atoms with Crippen molar-refractivity contribution < 1.29 is 9.47 Å². The summed E-state index contributed by atoms with van der Waals surface area (Å²) in [5, 5.41) is 0. The molecular formula is C8H14O2. The summed E-state index contributed by atoms with van der Waals surface area (Å²) in [6.07, 6.45) is 3.97. The normalized spacial score (nSPS) is 36.3.